The zero-order valence-electron chi connectivity index (χ0n) is 40.2. The predicted molar refractivity (Wildman–Crippen MR) is 289 cm³/mol. The zero-order chi connectivity index (χ0) is 46.2. The van der Waals surface area contributed by atoms with Gasteiger partial charge in [0.15, 0.2) is 7.28 Å². The number of anilines is 5. The molecular formula is C64H58BN2. The van der Waals surface area contributed by atoms with E-state index in [0.717, 1.165) is 24.2 Å². The van der Waals surface area contributed by atoms with Crippen LogP contribution in [0.1, 0.15) is 73.9 Å². The number of hydrogen-bond acceptors (Lipinski definition) is 2. The van der Waals surface area contributed by atoms with Gasteiger partial charge < -0.3 is 10.2 Å². The molecule has 327 valence electrons. The maximum atomic E-state index is 3.97. The van der Waals surface area contributed by atoms with E-state index in [4.69, 9.17) is 0 Å². The van der Waals surface area contributed by atoms with E-state index in [1.54, 1.807) is 0 Å². The summed E-state index contributed by atoms with van der Waals surface area (Å²) in [6.07, 6.45) is 2.31. The van der Waals surface area contributed by atoms with Crippen molar-refractivity contribution in [2.24, 2.45) is 0 Å². The van der Waals surface area contributed by atoms with Crippen molar-refractivity contribution in [2.75, 3.05) is 10.2 Å². The summed E-state index contributed by atoms with van der Waals surface area (Å²) in [5, 5.41) is 6.39. The van der Waals surface area contributed by atoms with Crippen molar-refractivity contribution in [3.05, 3.63) is 209 Å². The van der Waals surface area contributed by atoms with Crippen LogP contribution in [0.3, 0.4) is 0 Å². The van der Waals surface area contributed by atoms with Gasteiger partial charge in [-0.1, -0.05) is 172 Å². The number of rotatable bonds is 7. The van der Waals surface area contributed by atoms with Gasteiger partial charge in [-0.2, -0.15) is 0 Å². The average Bonchev–Trinajstić information content (AvgIpc) is 3.32. The van der Waals surface area contributed by atoms with Crippen LogP contribution < -0.4 is 21.1 Å². The summed E-state index contributed by atoms with van der Waals surface area (Å²) < 4.78 is 0. The molecule has 0 saturated heterocycles. The largest absolute Gasteiger partial charge is 0.355 e. The monoisotopic (exact) mass is 865 g/mol. The zero-order valence-corrected chi connectivity index (χ0v) is 40.2. The summed E-state index contributed by atoms with van der Waals surface area (Å²) in [4.78, 5) is 2.62. The van der Waals surface area contributed by atoms with E-state index in [2.05, 4.69) is 249 Å². The Morgan fingerprint density at radius 3 is 1.73 bits per heavy atom. The molecule has 0 bridgehead atoms. The number of aryl methyl sites for hydroxylation is 4. The fourth-order valence-electron chi connectivity index (χ4n) is 11.3. The summed E-state index contributed by atoms with van der Waals surface area (Å²) in [6, 6.07) is 65.6. The lowest BCUT2D eigenvalue weighted by molar-refractivity contribution is 0.332. The first-order valence-electron chi connectivity index (χ1n) is 24.0. The molecule has 1 aliphatic carbocycles. The molecule has 67 heavy (non-hydrogen) atoms. The minimum atomic E-state index is 0.0404. The third-order valence-electron chi connectivity index (χ3n) is 14.9. The quantitative estimate of drug-likeness (QED) is 0.161. The van der Waals surface area contributed by atoms with Crippen LogP contribution in [-0.2, 0) is 10.8 Å². The number of nitrogens with zero attached hydrogens (tertiary/aromatic N) is 1. The van der Waals surface area contributed by atoms with E-state index >= 15 is 0 Å². The fraction of sp³-hybridized carbons (Fsp3) is 0.188. The molecule has 2 aliphatic rings. The molecule has 11 rings (SSSR count). The van der Waals surface area contributed by atoms with Gasteiger partial charge in [0.1, 0.15) is 0 Å². The van der Waals surface area contributed by atoms with Crippen LogP contribution in [0, 0.1) is 27.7 Å². The Bertz CT molecular complexity index is 3360. The van der Waals surface area contributed by atoms with Crippen LogP contribution in [0.2, 0.25) is 0 Å². The molecule has 0 amide bonds. The highest BCUT2D eigenvalue weighted by molar-refractivity contribution is 6.73. The minimum Gasteiger partial charge on any atom is -0.355 e. The Morgan fingerprint density at radius 1 is 0.463 bits per heavy atom. The smallest absolute Gasteiger partial charge is 0.197 e. The van der Waals surface area contributed by atoms with E-state index in [1.807, 2.05) is 0 Å². The second-order valence-corrected chi connectivity index (χ2v) is 20.6. The van der Waals surface area contributed by atoms with Crippen molar-refractivity contribution in [1.29, 1.82) is 0 Å². The SMILES string of the molecule is Cc1cc(C)c(-c2cc(-c3c(Nc4ccc(-c5ccccc5)cc4)ccc4ccccc34)c3c(c2)N(c2cc(-c4ccccc4)ccc2C)c2cc4c(cc2[B]3)C(C)(C)CCC4(C)C)c(C)c1. The Kier molecular flexibility index (Phi) is 10.4. The van der Waals surface area contributed by atoms with Gasteiger partial charge in [0.25, 0.3) is 0 Å². The number of hydrogen-bond donors (Lipinski definition) is 1. The highest BCUT2D eigenvalue weighted by Gasteiger charge is 2.40. The summed E-state index contributed by atoms with van der Waals surface area (Å²) >= 11 is 0. The second kappa shape index (κ2) is 16.4. The molecule has 0 unspecified atom stereocenters. The topological polar surface area (TPSA) is 15.3 Å². The molecule has 0 aromatic heterocycles. The van der Waals surface area contributed by atoms with Gasteiger partial charge in [-0.3, -0.25) is 0 Å². The highest BCUT2D eigenvalue weighted by Crippen LogP contribution is 2.50. The first-order valence-corrected chi connectivity index (χ1v) is 24.0. The number of nitrogens with one attached hydrogen (secondary N) is 1. The van der Waals surface area contributed by atoms with Crippen LogP contribution in [-0.4, -0.2) is 7.28 Å². The lowest BCUT2D eigenvalue weighted by Gasteiger charge is -2.44. The third-order valence-corrected chi connectivity index (χ3v) is 14.9. The molecule has 1 aliphatic heterocycles. The normalized spacial score (nSPS) is 14.5. The molecule has 0 fully saturated rings. The first-order chi connectivity index (χ1) is 32.3. The molecule has 3 heteroatoms. The van der Waals surface area contributed by atoms with Crippen molar-refractivity contribution in [1.82, 2.24) is 0 Å². The van der Waals surface area contributed by atoms with E-state index in [9.17, 15) is 0 Å². The van der Waals surface area contributed by atoms with Crippen molar-refractivity contribution < 1.29 is 0 Å². The summed E-state index contributed by atoms with van der Waals surface area (Å²) in [6.45, 7) is 18.8. The standard InChI is InChI=1S/C64H58BN2/c1-40-33-42(3)60(43(4)34-40)49-35-52(61-51-22-16-15-21-47(51)27-30-56(61)66-50-28-25-46(26-29-50)44-17-11-9-12-18-44)62-59(37-49)67(57-36-48(24-23-41(57)2)45-19-13-10-14-20-45)58-39-54-53(38-55(58)65-62)63(5,6)31-32-64(54,7)8/h9-30,33-39,66H,31-32H2,1-8H3. The Hall–Kier alpha value is -7.10. The van der Waals surface area contributed by atoms with Crippen molar-refractivity contribution in [3.63, 3.8) is 0 Å². The van der Waals surface area contributed by atoms with E-state index < -0.39 is 0 Å². The number of fused-ring (bicyclic) bond motifs is 4. The van der Waals surface area contributed by atoms with Gasteiger partial charge >= 0.3 is 0 Å². The lowest BCUT2D eigenvalue weighted by atomic mass is 9.55. The van der Waals surface area contributed by atoms with Gasteiger partial charge in [-0.15, -0.1) is 0 Å². The van der Waals surface area contributed by atoms with E-state index in [-0.39, 0.29) is 10.8 Å². The molecule has 1 heterocycles. The Labute approximate surface area is 398 Å². The second-order valence-electron chi connectivity index (χ2n) is 20.6. The summed E-state index contributed by atoms with van der Waals surface area (Å²) in [5.41, 5.74) is 26.0. The number of benzene rings is 9. The van der Waals surface area contributed by atoms with E-state index in [1.165, 1.54) is 117 Å². The van der Waals surface area contributed by atoms with Crippen LogP contribution in [0.25, 0.3) is 55.3 Å². The average molecular weight is 866 g/mol. The molecule has 1 N–H and O–H groups in total. The molecule has 0 saturated carbocycles. The summed E-state index contributed by atoms with van der Waals surface area (Å²) in [5.74, 6) is 0. The molecule has 0 atom stereocenters. The molecule has 1 radical (unpaired) electrons. The summed E-state index contributed by atoms with van der Waals surface area (Å²) in [7, 11) is 2.52. The van der Waals surface area contributed by atoms with E-state index in [0.29, 0.717) is 0 Å². The van der Waals surface area contributed by atoms with Crippen LogP contribution in [0.5, 0.6) is 0 Å². The van der Waals surface area contributed by atoms with Gasteiger partial charge in [0, 0.05) is 34.0 Å². The highest BCUT2D eigenvalue weighted by atomic mass is 15.2. The fourth-order valence-corrected chi connectivity index (χ4v) is 11.3. The molecule has 2 nitrogen and oxygen atoms in total. The van der Waals surface area contributed by atoms with Gasteiger partial charge in [-0.25, -0.2) is 0 Å². The van der Waals surface area contributed by atoms with Crippen LogP contribution in [0.4, 0.5) is 28.4 Å². The lowest BCUT2D eigenvalue weighted by Crippen LogP contribution is -2.44. The molecule has 9 aromatic carbocycles. The first kappa shape index (κ1) is 42.5. The predicted octanol–water partition coefficient (Wildman–Crippen LogP) is 16.3. The maximum Gasteiger partial charge on any atom is 0.197 e. The molecular weight excluding hydrogens is 808 g/mol. The van der Waals surface area contributed by atoms with Gasteiger partial charge in [0.05, 0.1) is 0 Å². The van der Waals surface area contributed by atoms with Gasteiger partial charge in [-0.05, 0) is 177 Å². The third kappa shape index (κ3) is 7.55. The van der Waals surface area contributed by atoms with Crippen LogP contribution >= 0.6 is 0 Å². The van der Waals surface area contributed by atoms with Crippen molar-refractivity contribution >= 4 is 57.4 Å². The maximum absolute atomic E-state index is 3.97. The van der Waals surface area contributed by atoms with Crippen LogP contribution in [0.15, 0.2) is 176 Å². The Balaban J connectivity index is 1.22. The molecule has 9 aromatic rings. The minimum absolute atomic E-state index is 0.0404. The Morgan fingerprint density at radius 2 is 1.04 bits per heavy atom. The molecule has 0 spiro atoms. The van der Waals surface area contributed by atoms with Crippen molar-refractivity contribution in [3.8, 4) is 44.5 Å². The van der Waals surface area contributed by atoms with Gasteiger partial charge in [0.2, 0.25) is 0 Å². The van der Waals surface area contributed by atoms with Crippen molar-refractivity contribution in [2.45, 2.75) is 79.1 Å².